The Morgan fingerprint density at radius 2 is 2.00 bits per heavy atom. The van der Waals surface area contributed by atoms with Crippen LogP contribution in [0.15, 0.2) is 45.5 Å². The van der Waals surface area contributed by atoms with E-state index in [2.05, 4.69) is 4.99 Å². The van der Waals surface area contributed by atoms with Crippen LogP contribution in [0, 0.1) is 0 Å². The van der Waals surface area contributed by atoms with E-state index in [1.807, 2.05) is 25.1 Å². The molecule has 1 amide bonds. The third kappa shape index (κ3) is 4.54. The number of methoxy groups -OCH3 is 1. The molecule has 1 aromatic carbocycles. The number of aliphatic imine (C=N–C) groups is 1. The first-order chi connectivity index (χ1) is 12.5. The number of carbonyl (C=O) groups excluding carboxylic acids is 2. The third-order valence-electron chi connectivity index (χ3n) is 3.49. The molecule has 0 saturated carbocycles. The predicted octanol–water partition coefficient (Wildman–Crippen LogP) is 3.88. The van der Waals surface area contributed by atoms with Crippen molar-refractivity contribution in [3.63, 3.8) is 0 Å². The van der Waals surface area contributed by atoms with Crippen molar-refractivity contribution >= 4 is 34.8 Å². The maximum Gasteiger partial charge on any atom is 0.344 e. The molecule has 1 aromatic rings. The van der Waals surface area contributed by atoms with E-state index < -0.39 is 5.97 Å². The molecule has 26 heavy (non-hydrogen) atoms. The van der Waals surface area contributed by atoms with Crippen molar-refractivity contribution in [2.45, 2.75) is 26.7 Å². The van der Waals surface area contributed by atoms with Gasteiger partial charge in [0.05, 0.1) is 18.6 Å². The summed E-state index contributed by atoms with van der Waals surface area (Å²) in [6.07, 6.45) is 2.60. The second kappa shape index (κ2) is 9.24. The fourth-order valence-corrected chi connectivity index (χ4v) is 3.32. The van der Waals surface area contributed by atoms with E-state index >= 15 is 0 Å². The number of carbonyl (C=O) groups is 2. The summed E-state index contributed by atoms with van der Waals surface area (Å²) < 4.78 is 10.3. The van der Waals surface area contributed by atoms with Crippen molar-refractivity contribution in [3.8, 4) is 5.75 Å². The summed E-state index contributed by atoms with van der Waals surface area (Å²) in [5.41, 5.74) is 0.649. The molecular formula is C19H21NO5S. The topological polar surface area (TPSA) is 85.2 Å². The van der Waals surface area contributed by atoms with Gasteiger partial charge in [0.15, 0.2) is 0 Å². The Morgan fingerprint density at radius 3 is 2.65 bits per heavy atom. The molecule has 2 rings (SSSR count). The number of para-hydroxylation sites is 1. The van der Waals surface area contributed by atoms with Gasteiger partial charge in [0.25, 0.3) is 0 Å². The summed E-state index contributed by atoms with van der Waals surface area (Å²) in [6, 6.07) is 7.28. The fraction of sp³-hybridized carbons (Fsp3) is 0.316. The van der Waals surface area contributed by atoms with Crippen molar-refractivity contribution in [1.82, 2.24) is 0 Å². The van der Waals surface area contributed by atoms with Gasteiger partial charge in [0.2, 0.25) is 5.91 Å². The van der Waals surface area contributed by atoms with Gasteiger partial charge in [-0.3, -0.25) is 4.79 Å². The van der Waals surface area contributed by atoms with E-state index in [4.69, 9.17) is 9.47 Å². The maximum atomic E-state index is 12.2. The van der Waals surface area contributed by atoms with Crippen LogP contribution in [0.1, 0.15) is 32.3 Å². The van der Waals surface area contributed by atoms with Gasteiger partial charge in [-0.25, -0.2) is 9.79 Å². The van der Waals surface area contributed by atoms with E-state index in [0.29, 0.717) is 17.1 Å². The molecule has 0 aromatic heterocycles. The quantitative estimate of drug-likeness (QED) is 0.760. The van der Waals surface area contributed by atoms with Crippen LogP contribution in [0.5, 0.6) is 5.75 Å². The first kappa shape index (κ1) is 19.8. The average molecular weight is 375 g/mol. The van der Waals surface area contributed by atoms with Crippen LogP contribution in [0.25, 0.3) is 6.08 Å². The molecule has 0 saturated heterocycles. The zero-order valence-electron chi connectivity index (χ0n) is 14.9. The minimum atomic E-state index is -0.705. The summed E-state index contributed by atoms with van der Waals surface area (Å²) in [7, 11) is 1.55. The highest BCUT2D eigenvalue weighted by Crippen LogP contribution is 2.40. The first-order valence-electron chi connectivity index (χ1n) is 8.26. The zero-order valence-corrected chi connectivity index (χ0v) is 15.8. The first-order valence-corrected chi connectivity index (χ1v) is 9.08. The molecule has 1 aliphatic rings. The lowest BCUT2D eigenvalue weighted by molar-refractivity contribution is -0.138. The van der Waals surface area contributed by atoms with Crippen LogP contribution in [0.4, 0.5) is 0 Å². The number of thioether (sulfide) groups is 1. The summed E-state index contributed by atoms with van der Waals surface area (Å²) in [5.74, 6) is -0.673. The van der Waals surface area contributed by atoms with Gasteiger partial charge in [-0.2, -0.15) is 0 Å². The Bertz CT molecular complexity index is 795. The van der Waals surface area contributed by atoms with E-state index in [9.17, 15) is 14.7 Å². The molecule has 1 N–H and O–H groups in total. The van der Waals surface area contributed by atoms with Crippen molar-refractivity contribution in [3.05, 3.63) is 46.1 Å². The van der Waals surface area contributed by atoms with E-state index in [0.717, 1.165) is 17.3 Å². The Kier molecular flexibility index (Phi) is 7.03. The van der Waals surface area contributed by atoms with Crippen molar-refractivity contribution < 1.29 is 24.2 Å². The molecule has 138 valence electrons. The molecule has 1 aliphatic heterocycles. The van der Waals surface area contributed by atoms with Crippen molar-refractivity contribution in [2.75, 3.05) is 13.7 Å². The van der Waals surface area contributed by atoms with E-state index in [1.54, 1.807) is 26.2 Å². The summed E-state index contributed by atoms with van der Waals surface area (Å²) in [6.45, 7) is 3.69. The van der Waals surface area contributed by atoms with Crippen LogP contribution in [0.3, 0.4) is 0 Å². The van der Waals surface area contributed by atoms with Gasteiger partial charge >= 0.3 is 5.97 Å². The molecule has 0 aliphatic carbocycles. The number of amides is 1. The van der Waals surface area contributed by atoms with Gasteiger partial charge < -0.3 is 14.6 Å². The second-order valence-electron chi connectivity index (χ2n) is 5.36. The Hall–Kier alpha value is -2.54. The van der Waals surface area contributed by atoms with Gasteiger partial charge in [-0.05, 0) is 25.5 Å². The Labute approximate surface area is 156 Å². The molecule has 0 fully saturated rings. The van der Waals surface area contributed by atoms with Gasteiger partial charge in [-0.1, -0.05) is 36.9 Å². The van der Waals surface area contributed by atoms with Crippen LogP contribution in [-0.2, 0) is 14.3 Å². The van der Waals surface area contributed by atoms with Gasteiger partial charge in [-0.15, -0.1) is 0 Å². The maximum absolute atomic E-state index is 12.2. The largest absolute Gasteiger partial charge is 0.506 e. The van der Waals surface area contributed by atoms with Crippen LogP contribution >= 0.6 is 11.8 Å². The highest BCUT2D eigenvalue weighted by molar-refractivity contribution is 8.18. The zero-order chi connectivity index (χ0) is 19.1. The summed E-state index contributed by atoms with van der Waals surface area (Å²) >= 11 is 1.06. The number of hydrogen-bond donors (Lipinski definition) is 1. The highest BCUT2D eigenvalue weighted by Gasteiger charge is 2.33. The lowest BCUT2D eigenvalue weighted by Crippen LogP contribution is -2.14. The minimum Gasteiger partial charge on any atom is -0.506 e. The van der Waals surface area contributed by atoms with Crippen LogP contribution in [0.2, 0.25) is 0 Å². The number of benzene rings is 1. The standard InChI is InChI=1S/C19H21NO5S/c1-4-8-15(21)20-18-16(19(23)25-5-2)17(22)14(26-18)11-12-9-6-7-10-13(12)24-3/h6-7,9-11,22H,4-5,8H2,1-3H3/b14-11-,20-18?. The number of nitrogens with zero attached hydrogens (tertiary/aromatic N) is 1. The number of aliphatic hydroxyl groups excluding tert-OH is 1. The lowest BCUT2D eigenvalue weighted by Gasteiger charge is -2.05. The number of hydrogen-bond acceptors (Lipinski definition) is 6. The molecule has 1 heterocycles. The Balaban J connectivity index is 2.48. The smallest absolute Gasteiger partial charge is 0.344 e. The number of aliphatic hydroxyl groups is 1. The minimum absolute atomic E-state index is 0.0811. The van der Waals surface area contributed by atoms with Crippen LogP contribution < -0.4 is 4.74 Å². The molecule has 0 bridgehead atoms. The SMILES string of the molecule is CCCC(=O)N=C1S/C(=C\c2ccccc2OC)C(O)=C1C(=O)OCC. The molecule has 0 atom stereocenters. The van der Waals surface area contributed by atoms with Crippen molar-refractivity contribution in [2.24, 2.45) is 4.99 Å². The normalized spacial score (nSPS) is 17.0. The summed E-state index contributed by atoms with van der Waals surface area (Å²) in [4.78, 5) is 28.5. The molecular weight excluding hydrogens is 354 g/mol. The molecule has 6 nitrogen and oxygen atoms in total. The lowest BCUT2D eigenvalue weighted by atomic mass is 10.1. The number of esters is 1. The van der Waals surface area contributed by atoms with Crippen molar-refractivity contribution in [1.29, 1.82) is 0 Å². The van der Waals surface area contributed by atoms with Gasteiger partial charge in [0, 0.05) is 12.0 Å². The average Bonchev–Trinajstić information content (AvgIpc) is 2.91. The predicted molar refractivity (Wildman–Crippen MR) is 102 cm³/mol. The second-order valence-corrected chi connectivity index (χ2v) is 6.39. The van der Waals surface area contributed by atoms with E-state index in [1.165, 1.54) is 0 Å². The van der Waals surface area contributed by atoms with Gasteiger partial charge in [0.1, 0.15) is 22.1 Å². The summed E-state index contributed by atoms with van der Waals surface area (Å²) in [5, 5.41) is 10.7. The van der Waals surface area contributed by atoms with E-state index in [-0.39, 0.29) is 35.3 Å². The monoisotopic (exact) mass is 375 g/mol. The fourth-order valence-electron chi connectivity index (χ4n) is 2.30. The molecule has 0 spiro atoms. The Morgan fingerprint density at radius 1 is 1.27 bits per heavy atom. The molecule has 0 radical (unpaired) electrons. The number of ether oxygens (including phenoxy) is 2. The molecule has 0 unspecified atom stereocenters. The molecule has 7 heteroatoms. The van der Waals surface area contributed by atoms with Crippen LogP contribution in [-0.4, -0.2) is 35.7 Å². The third-order valence-corrected chi connectivity index (χ3v) is 4.51. The highest BCUT2D eigenvalue weighted by atomic mass is 32.2. The number of rotatable bonds is 6.